The molecule has 0 spiro atoms. The molecular weight excluding hydrogens is 364 g/mol. The zero-order valence-electron chi connectivity index (χ0n) is 18.0. The maximum absolute atomic E-state index is 10.5. The van der Waals surface area contributed by atoms with Gasteiger partial charge in [-0.15, -0.1) is 0 Å². The Labute approximate surface area is 174 Å². The summed E-state index contributed by atoms with van der Waals surface area (Å²) in [5, 5.41) is 8.58. The highest BCUT2D eigenvalue weighted by Gasteiger charge is 1.85. The fourth-order valence-electron chi connectivity index (χ4n) is 1.88. The van der Waals surface area contributed by atoms with Gasteiger partial charge >= 0.3 is 5.97 Å². The van der Waals surface area contributed by atoms with Crippen molar-refractivity contribution in [1.82, 2.24) is 0 Å². The molecule has 0 heterocycles. The summed E-state index contributed by atoms with van der Waals surface area (Å²) < 4.78 is 0. The summed E-state index contributed by atoms with van der Waals surface area (Å²) >= 11 is 0. The Morgan fingerprint density at radius 1 is 0.690 bits per heavy atom. The Kier molecular flexibility index (Phi) is 15.4. The van der Waals surface area contributed by atoms with E-state index in [-0.39, 0.29) is 0 Å². The second-order valence-electron chi connectivity index (χ2n) is 6.27. The maximum atomic E-state index is 10.5. The molecule has 0 aliphatic heterocycles. The minimum Gasteiger partial charge on any atom is -0.478 e. The minimum atomic E-state index is -0.947. The smallest absolute Gasteiger partial charge is 0.328 e. The largest absolute Gasteiger partial charge is 0.478 e. The quantitative estimate of drug-likeness (QED) is 0.140. The van der Waals surface area contributed by atoms with Crippen LogP contribution < -0.4 is 0 Å². The zero-order valence-corrected chi connectivity index (χ0v) is 18.0. The fraction of sp³-hybridized carbons (Fsp3) is 0.240. The first-order valence-electron chi connectivity index (χ1n) is 9.30. The first-order valence-corrected chi connectivity index (χ1v) is 9.30. The lowest BCUT2D eigenvalue weighted by molar-refractivity contribution is -0.263. The van der Waals surface area contributed by atoms with Gasteiger partial charge in [0.05, 0.1) is 7.11 Å². The average Bonchev–Trinajstić information content (AvgIpc) is 2.67. The van der Waals surface area contributed by atoms with E-state index in [0.29, 0.717) is 6.61 Å². The van der Waals surface area contributed by atoms with Crippen LogP contribution in [0, 0.1) is 0 Å². The molecule has 0 rings (SSSR count). The highest BCUT2D eigenvalue weighted by molar-refractivity contribution is 5.80. The van der Waals surface area contributed by atoms with E-state index in [9.17, 15) is 4.79 Å². The highest BCUT2D eigenvalue weighted by Crippen LogP contribution is 2.02. The number of carbonyl (C=O) groups is 1. The number of allylic oxidation sites excluding steroid dienone is 16. The molecule has 0 fully saturated rings. The fourth-order valence-corrected chi connectivity index (χ4v) is 1.88. The summed E-state index contributed by atoms with van der Waals surface area (Å²) in [6, 6.07) is 0. The van der Waals surface area contributed by atoms with E-state index in [1.165, 1.54) is 7.11 Å². The van der Waals surface area contributed by atoms with Crippen molar-refractivity contribution in [2.45, 2.75) is 27.7 Å². The molecule has 0 radical (unpaired) electrons. The van der Waals surface area contributed by atoms with Gasteiger partial charge in [-0.25, -0.2) is 14.6 Å². The van der Waals surface area contributed by atoms with E-state index >= 15 is 0 Å². The molecule has 0 aromatic rings. The summed E-state index contributed by atoms with van der Waals surface area (Å²) in [6.45, 7) is 8.35. The van der Waals surface area contributed by atoms with Crippen LogP contribution in [0.3, 0.4) is 0 Å². The first-order chi connectivity index (χ1) is 13.8. The van der Waals surface area contributed by atoms with Gasteiger partial charge in [0.2, 0.25) is 0 Å². The van der Waals surface area contributed by atoms with E-state index in [1.807, 2.05) is 101 Å². The highest BCUT2D eigenvalue weighted by atomic mass is 17.2. The molecule has 0 aromatic carbocycles. The molecule has 0 saturated heterocycles. The Bertz CT molecular complexity index is 767. The van der Waals surface area contributed by atoms with Crippen LogP contribution in [0.4, 0.5) is 0 Å². The molecule has 156 valence electrons. The molecule has 0 bridgehead atoms. The van der Waals surface area contributed by atoms with E-state index in [0.717, 1.165) is 28.4 Å². The van der Waals surface area contributed by atoms with E-state index in [1.54, 1.807) is 6.08 Å². The van der Waals surface area contributed by atoms with Crippen molar-refractivity contribution in [3.05, 3.63) is 107 Å². The van der Waals surface area contributed by atoms with Crippen LogP contribution >= 0.6 is 0 Å². The number of carboxylic acid groups (broad SMARTS) is 1. The van der Waals surface area contributed by atoms with Crippen molar-refractivity contribution in [3.8, 4) is 0 Å². The van der Waals surface area contributed by atoms with Gasteiger partial charge in [-0.2, -0.15) is 0 Å². The molecular formula is C25H32O4. The van der Waals surface area contributed by atoms with E-state index in [2.05, 4.69) is 4.89 Å². The second-order valence-corrected chi connectivity index (χ2v) is 6.27. The topological polar surface area (TPSA) is 55.8 Å². The third-order valence-electron chi connectivity index (χ3n) is 3.42. The molecule has 29 heavy (non-hydrogen) atoms. The molecule has 0 atom stereocenters. The second kappa shape index (κ2) is 17.2. The van der Waals surface area contributed by atoms with Crippen LogP contribution in [-0.4, -0.2) is 24.8 Å². The first kappa shape index (κ1) is 26.1. The number of hydrogen-bond acceptors (Lipinski definition) is 3. The molecule has 1 N–H and O–H groups in total. The van der Waals surface area contributed by atoms with Crippen LogP contribution in [0.5, 0.6) is 0 Å². The van der Waals surface area contributed by atoms with Gasteiger partial charge in [-0.1, -0.05) is 101 Å². The van der Waals surface area contributed by atoms with Gasteiger partial charge in [0.15, 0.2) is 0 Å². The molecule has 4 nitrogen and oxygen atoms in total. The minimum absolute atomic E-state index is 0.426. The van der Waals surface area contributed by atoms with Crippen LogP contribution in [-0.2, 0) is 14.6 Å². The summed E-state index contributed by atoms with van der Waals surface area (Å²) in [6.07, 6.45) is 26.4. The standard InChI is InChI=1S/C25H32O4/c1-21(13-8-15-23(3)17-10-20-29-28-5)11-6-7-12-22(2)14-9-16-24(4)18-19-25(26)27/h6-19H,20H2,1-5H3,(H,26,27). The summed E-state index contributed by atoms with van der Waals surface area (Å²) in [5.41, 5.74) is 4.23. The molecule has 0 aliphatic carbocycles. The molecule has 0 saturated carbocycles. The van der Waals surface area contributed by atoms with Crippen molar-refractivity contribution in [1.29, 1.82) is 0 Å². The summed E-state index contributed by atoms with van der Waals surface area (Å²) in [5.74, 6) is -0.947. The maximum Gasteiger partial charge on any atom is 0.328 e. The molecule has 0 amide bonds. The van der Waals surface area contributed by atoms with Crippen molar-refractivity contribution in [3.63, 3.8) is 0 Å². The van der Waals surface area contributed by atoms with Crippen molar-refractivity contribution < 1.29 is 19.7 Å². The van der Waals surface area contributed by atoms with Crippen molar-refractivity contribution in [2.24, 2.45) is 0 Å². The molecule has 0 aromatic heterocycles. The third kappa shape index (κ3) is 18.2. The Balaban J connectivity index is 4.58. The number of carboxylic acids is 1. The lowest BCUT2D eigenvalue weighted by atomic mass is 10.2. The van der Waals surface area contributed by atoms with Crippen molar-refractivity contribution >= 4 is 5.97 Å². The number of rotatable bonds is 12. The van der Waals surface area contributed by atoms with Gasteiger partial charge < -0.3 is 5.11 Å². The van der Waals surface area contributed by atoms with E-state index < -0.39 is 5.97 Å². The van der Waals surface area contributed by atoms with E-state index in [4.69, 9.17) is 9.99 Å². The van der Waals surface area contributed by atoms with Crippen LogP contribution in [0.1, 0.15) is 27.7 Å². The van der Waals surface area contributed by atoms with Crippen LogP contribution in [0.2, 0.25) is 0 Å². The van der Waals surface area contributed by atoms with Gasteiger partial charge in [0, 0.05) is 6.08 Å². The summed E-state index contributed by atoms with van der Waals surface area (Å²) in [4.78, 5) is 19.7. The SMILES string of the molecule is COOCC=CC(C)=CC=CC(C)=CC=CC=C(C)C=CC=C(C)C=CC(=O)O. The average molecular weight is 397 g/mol. The van der Waals surface area contributed by atoms with Gasteiger partial charge in [0.1, 0.15) is 6.61 Å². The van der Waals surface area contributed by atoms with Gasteiger partial charge in [-0.05, 0) is 27.7 Å². The zero-order chi connectivity index (χ0) is 21.9. The predicted octanol–water partition coefficient (Wildman–Crippen LogP) is 6.22. The normalized spacial score (nSPS) is 15.2. The molecule has 0 aliphatic rings. The number of aliphatic carboxylic acids is 1. The molecule has 0 unspecified atom stereocenters. The Morgan fingerprint density at radius 3 is 1.62 bits per heavy atom. The lowest BCUT2D eigenvalue weighted by Crippen LogP contribution is -1.87. The van der Waals surface area contributed by atoms with Crippen LogP contribution in [0.15, 0.2) is 107 Å². The van der Waals surface area contributed by atoms with Gasteiger partial charge in [0.25, 0.3) is 0 Å². The predicted molar refractivity (Wildman–Crippen MR) is 121 cm³/mol. The van der Waals surface area contributed by atoms with Crippen LogP contribution in [0.25, 0.3) is 0 Å². The monoisotopic (exact) mass is 396 g/mol. The third-order valence-corrected chi connectivity index (χ3v) is 3.42. The van der Waals surface area contributed by atoms with Gasteiger partial charge in [-0.3, -0.25) is 0 Å². The number of hydrogen-bond donors (Lipinski definition) is 1. The molecule has 4 heteroatoms. The van der Waals surface area contributed by atoms with Crippen molar-refractivity contribution in [2.75, 3.05) is 13.7 Å². The Morgan fingerprint density at radius 2 is 1.14 bits per heavy atom. The Hall–Kier alpha value is -2.95. The summed E-state index contributed by atoms with van der Waals surface area (Å²) in [7, 11) is 1.49. The lowest BCUT2D eigenvalue weighted by Gasteiger charge is -1.93.